The molecular formula is C23H39IN4O3. The van der Waals surface area contributed by atoms with Gasteiger partial charge in [0.25, 0.3) is 0 Å². The summed E-state index contributed by atoms with van der Waals surface area (Å²) >= 11 is 0. The number of benzene rings is 1. The molecule has 1 fully saturated rings. The van der Waals surface area contributed by atoms with Gasteiger partial charge in [-0.2, -0.15) is 0 Å². The zero-order valence-electron chi connectivity index (χ0n) is 19.1. The molecule has 176 valence electrons. The van der Waals surface area contributed by atoms with Crippen molar-refractivity contribution in [3.63, 3.8) is 0 Å². The molecule has 0 unspecified atom stereocenters. The second-order valence-electron chi connectivity index (χ2n) is 7.85. The van der Waals surface area contributed by atoms with Crippen molar-refractivity contribution in [3.05, 3.63) is 24.3 Å². The minimum absolute atomic E-state index is 0. The van der Waals surface area contributed by atoms with Gasteiger partial charge in [0.05, 0.1) is 12.2 Å². The first-order chi connectivity index (χ1) is 14.6. The van der Waals surface area contributed by atoms with Crippen LogP contribution in [-0.4, -0.2) is 50.3 Å². The summed E-state index contributed by atoms with van der Waals surface area (Å²) in [6.07, 6.45) is 7.72. The highest BCUT2D eigenvalue weighted by molar-refractivity contribution is 14.0. The molecule has 7 nitrogen and oxygen atoms in total. The first-order valence-corrected chi connectivity index (χ1v) is 11.3. The van der Waals surface area contributed by atoms with Crippen molar-refractivity contribution in [2.45, 2.75) is 71.5 Å². The molecule has 1 aromatic rings. The van der Waals surface area contributed by atoms with E-state index in [-0.39, 0.29) is 42.5 Å². The number of amides is 1. The number of guanidine groups is 1. The molecule has 0 spiro atoms. The average Bonchev–Trinajstić information content (AvgIpc) is 2.73. The topological polar surface area (TPSA) is 84.0 Å². The lowest BCUT2D eigenvalue weighted by molar-refractivity contribution is -0.119. The number of carbonyl (C=O) groups excluding carboxylic acids is 1. The molecule has 1 aliphatic rings. The van der Waals surface area contributed by atoms with Gasteiger partial charge in [-0.3, -0.25) is 4.79 Å². The number of hydrogen-bond donors (Lipinski definition) is 3. The Labute approximate surface area is 204 Å². The number of hydrogen-bond acceptors (Lipinski definition) is 4. The largest absolute Gasteiger partial charge is 0.491 e. The molecule has 8 heteroatoms. The monoisotopic (exact) mass is 546 g/mol. The van der Waals surface area contributed by atoms with Crippen LogP contribution < -0.4 is 20.7 Å². The fourth-order valence-corrected chi connectivity index (χ4v) is 3.33. The number of anilines is 1. The van der Waals surface area contributed by atoms with E-state index in [0.29, 0.717) is 18.6 Å². The van der Waals surface area contributed by atoms with Crippen LogP contribution >= 0.6 is 24.0 Å². The maximum Gasteiger partial charge on any atom is 0.241 e. The molecular weight excluding hydrogens is 507 g/mol. The molecule has 1 aromatic carbocycles. The number of ether oxygens (including phenoxy) is 2. The van der Waals surface area contributed by atoms with E-state index >= 15 is 0 Å². The van der Waals surface area contributed by atoms with Gasteiger partial charge in [0.2, 0.25) is 5.91 Å². The van der Waals surface area contributed by atoms with E-state index < -0.39 is 0 Å². The molecule has 0 aromatic heterocycles. The number of nitrogens with zero attached hydrogens (tertiary/aromatic N) is 1. The zero-order valence-corrected chi connectivity index (χ0v) is 21.4. The summed E-state index contributed by atoms with van der Waals surface area (Å²) in [5.74, 6) is 1.31. The van der Waals surface area contributed by atoms with Crippen LogP contribution in [0.15, 0.2) is 29.3 Å². The zero-order chi connectivity index (χ0) is 21.6. The summed E-state index contributed by atoms with van der Waals surface area (Å²) in [6, 6.07) is 7.71. The average molecular weight is 546 g/mol. The normalized spacial score (nSPS) is 14.6. The minimum Gasteiger partial charge on any atom is -0.491 e. The quantitative estimate of drug-likeness (QED) is 0.167. The molecule has 1 aliphatic carbocycles. The van der Waals surface area contributed by atoms with E-state index in [4.69, 9.17) is 9.47 Å². The van der Waals surface area contributed by atoms with Crippen LogP contribution in [0.4, 0.5) is 5.69 Å². The smallest absolute Gasteiger partial charge is 0.241 e. The van der Waals surface area contributed by atoms with Crippen molar-refractivity contribution in [1.82, 2.24) is 10.6 Å². The molecule has 0 saturated heterocycles. The first kappa shape index (κ1) is 27.5. The highest BCUT2D eigenvalue weighted by atomic mass is 127. The Morgan fingerprint density at radius 2 is 1.84 bits per heavy atom. The summed E-state index contributed by atoms with van der Waals surface area (Å²) < 4.78 is 11.7. The second kappa shape index (κ2) is 16.1. The maximum atomic E-state index is 11.8. The predicted octanol–water partition coefficient (Wildman–Crippen LogP) is 4.32. The van der Waals surface area contributed by atoms with E-state index in [0.717, 1.165) is 31.0 Å². The Morgan fingerprint density at radius 3 is 2.48 bits per heavy atom. The molecule has 3 N–H and O–H groups in total. The Morgan fingerprint density at radius 1 is 1.13 bits per heavy atom. The van der Waals surface area contributed by atoms with Crippen molar-refractivity contribution in [2.24, 2.45) is 4.99 Å². The lowest BCUT2D eigenvalue weighted by Crippen LogP contribution is -2.34. The third-order valence-corrected chi connectivity index (χ3v) is 4.76. The highest BCUT2D eigenvalue weighted by Gasteiger charge is 2.13. The molecule has 2 rings (SSSR count). The van der Waals surface area contributed by atoms with Crippen molar-refractivity contribution < 1.29 is 14.3 Å². The molecule has 1 amide bonds. The second-order valence-corrected chi connectivity index (χ2v) is 7.85. The minimum atomic E-state index is -0.0973. The summed E-state index contributed by atoms with van der Waals surface area (Å²) in [5, 5.41) is 9.32. The van der Waals surface area contributed by atoms with Gasteiger partial charge in [0, 0.05) is 25.4 Å². The summed E-state index contributed by atoms with van der Waals surface area (Å²) in [5.41, 5.74) is 0.881. The number of aliphatic imine (C=N–C) groups is 1. The molecule has 0 aliphatic heterocycles. The van der Waals surface area contributed by atoms with Crippen LogP contribution in [-0.2, 0) is 9.53 Å². The van der Waals surface area contributed by atoms with Gasteiger partial charge in [-0.25, -0.2) is 4.99 Å². The molecule has 0 heterocycles. The van der Waals surface area contributed by atoms with Crippen LogP contribution in [0, 0.1) is 0 Å². The van der Waals surface area contributed by atoms with E-state index in [9.17, 15) is 4.79 Å². The number of halogens is 1. The van der Waals surface area contributed by atoms with E-state index in [2.05, 4.69) is 20.9 Å². The third-order valence-electron chi connectivity index (χ3n) is 4.76. The highest BCUT2D eigenvalue weighted by Crippen LogP contribution is 2.20. The molecule has 0 atom stereocenters. The molecule has 0 radical (unpaired) electrons. The fourth-order valence-electron chi connectivity index (χ4n) is 3.33. The SMILES string of the molecule is CCNC(=O)CN=C(NCCCOC1CCCCC1)Nc1ccc(OC(C)C)cc1.I. The van der Waals surface area contributed by atoms with Gasteiger partial charge in [-0.15, -0.1) is 24.0 Å². The van der Waals surface area contributed by atoms with Crippen molar-refractivity contribution >= 4 is 41.5 Å². The lowest BCUT2D eigenvalue weighted by Gasteiger charge is -2.22. The Balaban J connectivity index is 0.00000480. The van der Waals surface area contributed by atoms with Crippen LogP contribution in [0.25, 0.3) is 0 Å². The van der Waals surface area contributed by atoms with Crippen molar-refractivity contribution in [1.29, 1.82) is 0 Å². The van der Waals surface area contributed by atoms with Gasteiger partial charge in [0.1, 0.15) is 12.3 Å². The number of likely N-dealkylation sites (N-methyl/N-ethyl adjacent to an activating group) is 1. The number of rotatable bonds is 11. The fraction of sp³-hybridized carbons (Fsp3) is 0.652. The lowest BCUT2D eigenvalue weighted by atomic mass is 9.98. The standard InChI is InChI=1S/C23H38N4O3.HI/c1-4-24-22(28)17-26-23(25-15-8-16-29-20-9-6-5-7-10-20)27-19-11-13-21(14-12-19)30-18(2)3;/h11-14,18,20H,4-10,15-17H2,1-3H3,(H,24,28)(H2,25,26,27);1H. The van der Waals surface area contributed by atoms with Crippen LogP contribution in [0.5, 0.6) is 5.75 Å². The van der Waals surface area contributed by atoms with Gasteiger partial charge in [-0.1, -0.05) is 19.3 Å². The third kappa shape index (κ3) is 12.2. The summed E-state index contributed by atoms with van der Waals surface area (Å²) in [4.78, 5) is 16.2. The van der Waals surface area contributed by atoms with Crippen LogP contribution in [0.1, 0.15) is 59.3 Å². The maximum absolute atomic E-state index is 11.8. The summed E-state index contributed by atoms with van der Waals surface area (Å²) in [6.45, 7) is 8.04. The van der Waals surface area contributed by atoms with E-state index in [1.165, 1.54) is 32.1 Å². The summed E-state index contributed by atoms with van der Waals surface area (Å²) in [7, 11) is 0. The van der Waals surface area contributed by atoms with E-state index in [1.54, 1.807) is 0 Å². The number of nitrogens with one attached hydrogen (secondary N) is 3. The van der Waals surface area contributed by atoms with Crippen LogP contribution in [0.2, 0.25) is 0 Å². The Hall–Kier alpha value is -1.55. The Bertz CT molecular complexity index is 647. The van der Waals surface area contributed by atoms with Gasteiger partial charge < -0.3 is 25.4 Å². The predicted molar refractivity (Wildman–Crippen MR) is 138 cm³/mol. The van der Waals surface area contributed by atoms with Crippen molar-refractivity contribution in [2.75, 3.05) is 31.6 Å². The molecule has 31 heavy (non-hydrogen) atoms. The molecule has 1 saturated carbocycles. The molecule has 0 bridgehead atoms. The first-order valence-electron chi connectivity index (χ1n) is 11.3. The van der Waals surface area contributed by atoms with Gasteiger partial charge in [-0.05, 0) is 64.3 Å². The van der Waals surface area contributed by atoms with Crippen molar-refractivity contribution in [3.8, 4) is 5.75 Å². The van der Waals surface area contributed by atoms with E-state index in [1.807, 2.05) is 45.0 Å². The van der Waals surface area contributed by atoms with Gasteiger partial charge >= 0.3 is 0 Å². The number of carbonyl (C=O) groups is 1. The van der Waals surface area contributed by atoms with Crippen LogP contribution in [0.3, 0.4) is 0 Å². The Kier molecular flexibility index (Phi) is 14.3. The van der Waals surface area contributed by atoms with Gasteiger partial charge in [0.15, 0.2) is 5.96 Å².